The molecule has 0 saturated heterocycles. The van der Waals surface area contributed by atoms with Crippen LogP contribution < -0.4 is 9.64 Å². The van der Waals surface area contributed by atoms with E-state index in [9.17, 15) is 14.9 Å². The molecular formula is C19H21ClN4O5S. The van der Waals surface area contributed by atoms with Crippen LogP contribution in [0.1, 0.15) is 12.5 Å². The fourth-order valence-electron chi connectivity index (χ4n) is 2.51. The molecule has 1 amide bonds. The van der Waals surface area contributed by atoms with Gasteiger partial charge in [0, 0.05) is 6.54 Å². The van der Waals surface area contributed by atoms with E-state index < -0.39 is 16.7 Å². The summed E-state index contributed by atoms with van der Waals surface area (Å²) in [5, 5.41) is 11.4. The summed E-state index contributed by atoms with van der Waals surface area (Å²) in [7, 11) is 0. The number of ether oxygens (including phenoxy) is 2. The first-order valence-corrected chi connectivity index (χ1v) is 10.5. The van der Waals surface area contributed by atoms with E-state index in [1.54, 1.807) is 25.3 Å². The van der Waals surface area contributed by atoms with Crippen LogP contribution in [0.15, 0.2) is 42.1 Å². The van der Waals surface area contributed by atoms with Gasteiger partial charge in [-0.2, -0.15) is 4.98 Å². The van der Waals surface area contributed by atoms with Gasteiger partial charge < -0.3 is 9.47 Å². The Bertz CT molecular complexity index is 928. The van der Waals surface area contributed by atoms with Gasteiger partial charge in [-0.1, -0.05) is 48.2 Å². The lowest BCUT2D eigenvalue weighted by Crippen LogP contribution is -2.35. The number of amides is 1. The molecule has 1 heterocycles. The van der Waals surface area contributed by atoms with E-state index in [0.29, 0.717) is 18.8 Å². The number of nitrogens with zero attached hydrogens (tertiary/aromatic N) is 4. The average molecular weight is 453 g/mol. The lowest BCUT2D eigenvalue weighted by atomic mass is 10.1. The molecule has 11 heteroatoms. The van der Waals surface area contributed by atoms with Crippen molar-refractivity contribution >= 4 is 41.0 Å². The van der Waals surface area contributed by atoms with Crippen LogP contribution in [0.5, 0.6) is 5.75 Å². The number of hydrogen-bond donors (Lipinski definition) is 0. The van der Waals surface area contributed by atoms with Crippen LogP contribution >= 0.6 is 23.4 Å². The number of carbonyl (C=O) groups is 1. The molecule has 1 aromatic carbocycles. The van der Waals surface area contributed by atoms with Crippen LogP contribution in [-0.4, -0.2) is 47.0 Å². The summed E-state index contributed by atoms with van der Waals surface area (Å²) in [6.07, 6.45) is 2.94. The number of anilines is 1. The topological polar surface area (TPSA) is 108 Å². The van der Waals surface area contributed by atoms with Gasteiger partial charge in [0.25, 0.3) is 0 Å². The van der Waals surface area contributed by atoms with E-state index in [4.69, 9.17) is 21.1 Å². The van der Waals surface area contributed by atoms with Gasteiger partial charge in [-0.25, -0.2) is 9.78 Å². The number of nitro groups is 1. The van der Waals surface area contributed by atoms with Gasteiger partial charge in [0.1, 0.15) is 12.4 Å². The molecule has 0 bridgehead atoms. The molecule has 9 nitrogen and oxygen atoms in total. The second-order valence-electron chi connectivity index (χ2n) is 5.78. The molecule has 0 atom stereocenters. The Morgan fingerprint density at radius 2 is 2.20 bits per heavy atom. The second-order valence-corrected chi connectivity index (χ2v) is 6.91. The van der Waals surface area contributed by atoms with Crippen molar-refractivity contribution in [3.63, 3.8) is 0 Å². The molecule has 160 valence electrons. The van der Waals surface area contributed by atoms with Gasteiger partial charge in [-0.3, -0.25) is 15.0 Å². The van der Waals surface area contributed by atoms with Crippen molar-refractivity contribution in [1.82, 2.24) is 9.97 Å². The van der Waals surface area contributed by atoms with Gasteiger partial charge >= 0.3 is 11.8 Å². The zero-order valence-electron chi connectivity index (χ0n) is 16.5. The Labute approximate surface area is 183 Å². The van der Waals surface area contributed by atoms with E-state index in [-0.39, 0.29) is 29.3 Å². The van der Waals surface area contributed by atoms with Crippen LogP contribution in [0.2, 0.25) is 5.15 Å². The minimum absolute atomic E-state index is 0.0751. The number of hydrogen-bond acceptors (Lipinski definition) is 8. The van der Waals surface area contributed by atoms with Crippen molar-refractivity contribution in [3.05, 3.63) is 57.8 Å². The Kier molecular flexibility index (Phi) is 8.88. The maximum absolute atomic E-state index is 12.6. The maximum atomic E-state index is 12.6. The third kappa shape index (κ3) is 6.07. The van der Waals surface area contributed by atoms with Gasteiger partial charge in [0.15, 0.2) is 5.16 Å². The average Bonchev–Trinajstić information content (AvgIpc) is 2.72. The molecule has 2 rings (SSSR count). The molecule has 0 aliphatic carbocycles. The number of thioether (sulfide) groups is 1. The first kappa shape index (κ1) is 23.4. The summed E-state index contributed by atoms with van der Waals surface area (Å²) < 4.78 is 10.6. The fraction of sp³-hybridized carbons (Fsp3) is 0.316. The molecular weight excluding hydrogens is 432 g/mol. The highest BCUT2D eigenvalue weighted by Gasteiger charge is 2.31. The Morgan fingerprint density at radius 1 is 1.43 bits per heavy atom. The number of benzene rings is 1. The minimum atomic E-state index is -0.763. The maximum Gasteiger partial charge on any atom is 0.415 e. The van der Waals surface area contributed by atoms with Crippen LogP contribution in [0.3, 0.4) is 0 Å². The smallest absolute Gasteiger partial charge is 0.415 e. The number of carbonyl (C=O) groups excluding carboxylic acids is 1. The number of aromatic nitrogens is 2. The molecule has 2 aromatic rings. The van der Waals surface area contributed by atoms with Crippen LogP contribution in [-0.2, 0) is 11.2 Å². The highest BCUT2D eigenvalue weighted by molar-refractivity contribution is 7.98. The molecule has 0 spiro atoms. The summed E-state index contributed by atoms with van der Waals surface area (Å²) in [6, 6.07) is 7.30. The first-order chi connectivity index (χ1) is 14.4. The van der Waals surface area contributed by atoms with Crippen molar-refractivity contribution in [2.24, 2.45) is 0 Å². The molecule has 0 fully saturated rings. The zero-order valence-corrected chi connectivity index (χ0v) is 18.1. The monoisotopic (exact) mass is 452 g/mol. The Morgan fingerprint density at radius 3 is 2.83 bits per heavy atom. The Hall–Kier alpha value is -2.85. The molecule has 1 aromatic heterocycles. The van der Waals surface area contributed by atoms with Crippen LogP contribution in [0, 0.1) is 10.1 Å². The highest BCUT2D eigenvalue weighted by atomic mass is 35.5. The van der Waals surface area contributed by atoms with Crippen molar-refractivity contribution < 1.29 is 19.2 Å². The van der Waals surface area contributed by atoms with Crippen molar-refractivity contribution in [2.45, 2.75) is 18.5 Å². The summed E-state index contributed by atoms with van der Waals surface area (Å²) >= 11 is 7.16. The van der Waals surface area contributed by atoms with Crippen molar-refractivity contribution in [3.8, 4) is 5.75 Å². The normalized spacial score (nSPS) is 10.4. The molecule has 0 saturated carbocycles. The highest BCUT2D eigenvalue weighted by Crippen LogP contribution is 2.34. The summed E-state index contributed by atoms with van der Waals surface area (Å²) in [5.74, 6) is 0.442. The van der Waals surface area contributed by atoms with E-state index >= 15 is 0 Å². The van der Waals surface area contributed by atoms with E-state index in [1.165, 1.54) is 0 Å². The fourth-order valence-corrected chi connectivity index (χ4v) is 3.15. The number of rotatable bonds is 10. The minimum Gasteiger partial charge on any atom is -0.490 e. The second kappa shape index (κ2) is 11.4. The summed E-state index contributed by atoms with van der Waals surface area (Å²) in [5.41, 5.74) is 0.310. The third-order valence-corrected chi connectivity index (χ3v) is 4.61. The van der Waals surface area contributed by atoms with E-state index in [0.717, 1.165) is 22.2 Å². The zero-order chi connectivity index (χ0) is 22.1. The van der Waals surface area contributed by atoms with Gasteiger partial charge in [0.05, 0.1) is 11.5 Å². The van der Waals surface area contributed by atoms with Gasteiger partial charge in [-0.05, 0) is 37.3 Å². The molecule has 0 N–H and O–H groups in total. The van der Waals surface area contributed by atoms with Gasteiger partial charge in [0.2, 0.25) is 11.0 Å². The SMILES string of the molecule is C=CCOc1cccc(CCN(C(=O)OCC)c2nc(SC)nc(Cl)c2[N+](=O)[O-])c1. The quantitative estimate of drug-likeness (QED) is 0.129. The molecule has 30 heavy (non-hydrogen) atoms. The first-order valence-electron chi connectivity index (χ1n) is 8.94. The van der Waals surface area contributed by atoms with Crippen molar-refractivity contribution in [2.75, 3.05) is 30.9 Å². The molecule has 0 radical (unpaired) electrons. The predicted molar refractivity (Wildman–Crippen MR) is 116 cm³/mol. The van der Waals surface area contributed by atoms with E-state index in [1.807, 2.05) is 18.2 Å². The molecule has 0 unspecified atom stereocenters. The third-order valence-electron chi connectivity index (χ3n) is 3.80. The summed E-state index contributed by atoms with van der Waals surface area (Å²) in [4.78, 5) is 32.6. The van der Waals surface area contributed by atoms with E-state index in [2.05, 4.69) is 16.5 Å². The lowest BCUT2D eigenvalue weighted by molar-refractivity contribution is -0.384. The Balaban J connectivity index is 2.38. The lowest BCUT2D eigenvalue weighted by Gasteiger charge is -2.21. The molecule has 0 aliphatic heterocycles. The molecule has 0 aliphatic rings. The largest absolute Gasteiger partial charge is 0.490 e. The van der Waals surface area contributed by atoms with Crippen molar-refractivity contribution in [1.29, 1.82) is 0 Å². The van der Waals surface area contributed by atoms with Crippen LogP contribution in [0.25, 0.3) is 0 Å². The van der Waals surface area contributed by atoms with Crippen LogP contribution in [0.4, 0.5) is 16.3 Å². The number of halogens is 1. The van der Waals surface area contributed by atoms with Gasteiger partial charge in [-0.15, -0.1) is 0 Å². The summed E-state index contributed by atoms with van der Waals surface area (Å²) in [6.45, 7) is 5.79. The standard InChI is InChI=1S/C19H21ClN4O5S/c1-4-11-29-14-8-6-7-13(12-14)9-10-23(19(25)28-5-2)17-15(24(26)27)16(20)21-18(22-17)30-3/h4,6-8,12H,1,5,9-11H2,2-3H3. The predicted octanol–water partition coefficient (Wildman–Crippen LogP) is 4.53.